The summed E-state index contributed by atoms with van der Waals surface area (Å²) in [5.74, 6) is 1.45. The second-order valence-corrected chi connectivity index (χ2v) is 7.59. The monoisotopic (exact) mass is 447 g/mol. The third-order valence-corrected chi connectivity index (χ3v) is 5.32. The van der Waals surface area contributed by atoms with Crippen LogP contribution in [-0.2, 0) is 7.05 Å². The van der Waals surface area contributed by atoms with Crippen LogP contribution in [-0.4, -0.2) is 60.1 Å². The Labute approximate surface area is 193 Å². The van der Waals surface area contributed by atoms with Crippen LogP contribution < -0.4 is 25.4 Å². The van der Waals surface area contributed by atoms with Crippen LogP contribution in [0.3, 0.4) is 0 Å². The molecular weight excluding hydrogens is 418 g/mol. The molecule has 4 aromatic rings. The van der Waals surface area contributed by atoms with E-state index < -0.39 is 0 Å². The average Bonchev–Trinajstić information content (AvgIpc) is 3.29. The van der Waals surface area contributed by atoms with Gasteiger partial charge in [0, 0.05) is 74.6 Å². The maximum absolute atomic E-state index is 5.64. The third-order valence-electron chi connectivity index (χ3n) is 5.32. The number of hydrogen-bond acceptors (Lipinski definition) is 8. The fraction of sp³-hybridized carbons (Fsp3) is 0.292. The van der Waals surface area contributed by atoms with Crippen molar-refractivity contribution in [3.63, 3.8) is 0 Å². The summed E-state index contributed by atoms with van der Waals surface area (Å²) in [4.78, 5) is 11.6. The van der Waals surface area contributed by atoms with Gasteiger partial charge in [-0.3, -0.25) is 9.67 Å². The number of aryl methyl sites for hydroxylation is 1. The number of hydrogen-bond donors (Lipinski definition) is 2. The van der Waals surface area contributed by atoms with Crippen LogP contribution in [0.4, 0.5) is 11.4 Å². The van der Waals surface area contributed by atoms with Gasteiger partial charge in [-0.05, 0) is 18.2 Å². The summed E-state index contributed by atoms with van der Waals surface area (Å²) in [6.45, 7) is 2.83. The zero-order valence-corrected chi connectivity index (χ0v) is 19.2. The first kappa shape index (κ1) is 22.5. The maximum atomic E-state index is 5.64. The van der Waals surface area contributed by atoms with Gasteiger partial charge in [0.05, 0.1) is 43.3 Å². The lowest BCUT2D eigenvalue weighted by molar-refractivity contribution is 0.394. The highest BCUT2D eigenvalue weighted by Gasteiger charge is 2.14. The van der Waals surface area contributed by atoms with Crippen LogP contribution in [0.2, 0.25) is 0 Å². The zero-order valence-electron chi connectivity index (χ0n) is 19.2. The second-order valence-electron chi connectivity index (χ2n) is 7.59. The number of ether oxygens (including phenoxy) is 2. The molecule has 2 aromatic carbocycles. The van der Waals surface area contributed by atoms with E-state index in [9.17, 15) is 0 Å². The van der Waals surface area contributed by atoms with Crippen LogP contribution >= 0.6 is 0 Å². The Morgan fingerprint density at radius 3 is 2.42 bits per heavy atom. The molecule has 0 saturated heterocycles. The summed E-state index contributed by atoms with van der Waals surface area (Å²) >= 11 is 0. The second kappa shape index (κ2) is 10.3. The van der Waals surface area contributed by atoms with Crippen molar-refractivity contribution in [3.8, 4) is 22.8 Å². The summed E-state index contributed by atoms with van der Waals surface area (Å²) in [5.41, 5.74) is 10.9. The summed E-state index contributed by atoms with van der Waals surface area (Å²) in [7, 11) is 5.18. The predicted molar refractivity (Wildman–Crippen MR) is 130 cm³/mol. The number of benzene rings is 2. The van der Waals surface area contributed by atoms with Crippen LogP contribution in [0.5, 0.6) is 11.5 Å². The molecule has 0 saturated carbocycles. The Hall–Kier alpha value is -3.69. The number of nitrogens with two attached hydrogens (primary N) is 1. The van der Waals surface area contributed by atoms with Gasteiger partial charge in [0.25, 0.3) is 0 Å². The molecule has 0 aliphatic heterocycles. The molecule has 4 rings (SSSR count). The SMILES string of the molecule is COc1cc(OC)cc(N(CCNCCN)c2ccc3ncc(-c4cnn(C)c4)nc3c2)c1. The first-order valence-electron chi connectivity index (χ1n) is 10.8. The summed E-state index contributed by atoms with van der Waals surface area (Å²) < 4.78 is 12.7. The molecule has 0 spiro atoms. The largest absolute Gasteiger partial charge is 0.497 e. The van der Waals surface area contributed by atoms with Crippen LogP contribution in [0, 0.1) is 0 Å². The van der Waals surface area contributed by atoms with Gasteiger partial charge < -0.3 is 25.4 Å². The van der Waals surface area contributed by atoms with E-state index in [0.717, 1.165) is 64.8 Å². The molecule has 0 aliphatic carbocycles. The van der Waals surface area contributed by atoms with Gasteiger partial charge in [-0.1, -0.05) is 0 Å². The van der Waals surface area contributed by atoms with Crippen LogP contribution in [0.15, 0.2) is 55.0 Å². The Bertz CT molecular complexity index is 1200. The molecule has 172 valence electrons. The van der Waals surface area contributed by atoms with Crippen LogP contribution in [0.25, 0.3) is 22.3 Å². The van der Waals surface area contributed by atoms with Gasteiger partial charge in [-0.15, -0.1) is 0 Å². The van der Waals surface area contributed by atoms with Gasteiger partial charge in [-0.25, -0.2) is 4.98 Å². The molecule has 0 fully saturated rings. The maximum Gasteiger partial charge on any atom is 0.124 e. The highest BCUT2D eigenvalue weighted by atomic mass is 16.5. The number of methoxy groups -OCH3 is 2. The molecule has 0 atom stereocenters. The Morgan fingerprint density at radius 1 is 0.970 bits per heavy atom. The van der Waals surface area contributed by atoms with E-state index >= 15 is 0 Å². The molecule has 33 heavy (non-hydrogen) atoms. The van der Waals surface area contributed by atoms with Gasteiger partial charge in [0.2, 0.25) is 0 Å². The molecular formula is C24H29N7O2. The van der Waals surface area contributed by atoms with Crippen LogP contribution in [0.1, 0.15) is 0 Å². The minimum atomic E-state index is 0.593. The summed E-state index contributed by atoms with van der Waals surface area (Å²) in [6, 6.07) is 11.9. The van der Waals surface area contributed by atoms with Gasteiger partial charge in [-0.2, -0.15) is 5.10 Å². The van der Waals surface area contributed by atoms with E-state index in [0.29, 0.717) is 6.54 Å². The Morgan fingerprint density at radius 2 is 1.76 bits per heavy atom. The van der Waals surface area contributed by atoms with Crippen molar-refractivity contribution >= 4 is 22.4 Å². The van der Waals surface area contributed by atoms with Crippen molar-refractivity contribution in [1.82, 2.24) is 25.1 Å². The van der Waals surface area contributed by atoms with E-state index in [1.54, 1.807) is 31.3 Å². The minimum absolute atomic E-state index is 0.593. The van der Waals surface area contributed by atoms with E-state index in [2.05, 4.69) is 32.4 Å². The molecule has 0 bridgehead atoms. The van der Waals surface area contributed by atoms with E-state index in [-0.39, 0.29) is 0 Å². The van der Waals surface area contributed by atoms with Crippen molar-refractivity contribution in [2.75, 3.05) is 45.3 Å². The topological polar surface area (TPSA) is 103 Å². The molecule has 0 amide bonds. The summed E-state index contributed by atoms with van der Waals surface area (Å²) in [5, 5.41) is 7.61. The van der Waals surface area contributed by atoms with E-state index in [1.807, 2.05) is 37.5 Å². The third kappa shape index (κ3) is 5.21. The first-order chi connectivity index (χ1) is 16.1. The van der Waals surface area contributed by atoms with Gasteiger partial charge in [0.15, 0.2) is 0 Å². The van der Waals surface area contributed by atoms with Crippen molar-refractivity contribution in [2.24, 2.45) is 12.8 Å². The molecule has 9 heteroatoms. The molecule has 0 aliphatic rings. The number of fused-ring (bicyclic) bond motifs is 1. The molecule has 3 N–H and O–H groups in total. The Balaban J connectivity index is 1.74. The van der Waals surface area contributed by atoms with Crippen molar-refractivity contribution in [1.29, 1.82) is 0 Å². The molecule has 2 heterocycles. The fourth-order valence-corrected chi connectivity index (χ4v) is 3.63. The lowest BCUT2D eigenvalue weighted by Crippen LogP contribution is -2.31. The average molecular weight is 448 g/mol. The van der Waals surface area contributed by atoms with Crippen molar-refractivity contribution in [2.45, 2.75) is 0 Å². The van der Waals surface area contributed by atoms with E-state index in [1.165, 1.54) is 0 Å². The molecule has 0 unspecified atom stereocenters. The van der Waals surface area contributed by atoms with Crippen molar-refractivity contribution in [3.05, 3.63) is 55.0 Å². The molecule has 9 nitrogen and oxygen atoms in total. The Kier molecular flexibility index (Phi) is 7.01. The quantitative estimate of drug-likeness (QED) is 0.358. The zero-order chi connectivity index (χ0) is 23.2. The number of anilines is 2. The van der Waals surface area contributed by atoms with Gasteiger partial charge in [0.1, 0.15) is 11.5 Å². The number of aromatic nitrogens is 4. The summed E-state index contributed by atoms with van der Waals surface area (Å²) in [6.07, 6.45) is 5.50. The highest BCUT2D eigenvalue weighted by Crippen LogP contribution is 2.34. The van der Waals surface area contributed by atoms with Crippen molar-refractivity contribution < 1.29 is 9.47 Å². The van der Waals surface area contributed by atoms with E-state index in [4.69, 9.17) is 20.2 Å². The van der Waals surface area contributed by atoms with Gasteiger partial charge >= 0.3 is 0 Å². The normalized spacial score (nSPS) is 11.0. The number of nitrogens with zero attached hydrogens (tertiary/aromatic N) is 5. The standard InChI is InChI=1S/C24H29N7O2/c1-30-16-17(14-28-30)24-15-27-22-5-4-18(12-23(22)29-24)31(9-8-26-7-6-25)19-10-20(32-2)13-21(11-19)33-3/h4-5,10-16,26H,6-9,25H2,1-3H3. The molecule has 2 aromatic heterocycles. The lowest BCUT2D eigenvalue weighted by Gasteiger charge is -2.26. The number of rotatable bonds is 10. The fourth-order valence-electron chi connectivity index (χ4n) is 3.63. The first-order valence-corrected chi connectivity index (χ1v) is 10.8. The smallest absolute Gasteiger partial charge is 0.124 e. The highest BCUT2D eigenvalue weighted by molar-refractivity contribution is 5.82. The predicted octanol–water partition coefficient (Wildman–Crippen LogP) is 2.73. The molecule has 0 radical (unpaired) electrons. The minimum Gasteiger partial charge on any atom is -0.497 e. The number of nitrogens with one attached hydrogen (secondary N) is 1. The lowest BCUT2D eigenvalue weighted by atomic mass is 10.2.